The van der Waals surface area contributed by atoms with Crippen LogP contribution in [-0.4, -0.2) is 0 Å². The van der Waals surface area contributed by atoms with E-state index in [1.807, 2.05) is 0 Å². The number of aryl methyl sites for hydroxylation is 1. The number of hydrogen-bond acceptors (Lipinski definition) is 0. The number of benzene rings is 3. The first-order chi connectivity index (χ1) is 14.2. The zero-order valence-electron chi connectivity index (χ0n) is 17.4. The Morgan fingerprint density at radius 3 is 1.86 bits per heavy atom. The second-order valence-corrected chi connectivity index (χ2v) is 9.07. The Morgan fingerprint density at radius 1 is 0.655 bits per heavy atom. The Balaban J connectivity index is 1.73. The van der Waals surface area contributed by atoms with Crippen molar-refractivity contribution in [2.45, 2.75) is 62.7 Å². The van der Waals surface area contributed by atoms with Crippen LogP contribution in [-0.2, 0) is 4.87 Å². The minimum absolute atomic E-state index is 0.675. The van der Waals surface area contributed by atoms with Crippen LogP contribution < -0.4 is 0 Å². The minimum atomic E-state index is -0.675. The van der Waals surface area contributed by atoms with E-state index >= 15 is 0 Å². The van der Waals surface area contributed by atoms with Gasteiger partial charge in [0.1, 0.15) is 4.87 Å². The molecule has 1 fully saturated rings. The molecule has 0 saturated heterocycles. The molecule has 0 radical (unpaired) electrons. The minimum Gasteiger partial charge on any atom is -0.104 e. The number of hydrogen-bond donors (Lipinski definition) is 0. The average molecular weight is 403 g/mol. The van der Waals surface area contributed by atoms with Crippen LogP contribution in [0, 0.1) is 6.92 Å². The van der Waals surface area contributed by atoms with Gasteiger partial charge in [0.15, 0.2) is 0 Å². The van der Waals surface area contributed by atoms with Crippen LogP contribution in [0.2, 0.25) is 0 Å². The van der Waals surface area contributed by atoms with Crippen molar-refractivity contribution in [1.82, 2.24) is 0 Å². The molecule has 1 heteroatoms. The summed E-state index contributed by atoms with van der Waals surface area (Å²) in [4.78, 5) is -0.675. The van der Waals surface area contributed by atoms with E-state index in [1.54, 1.807) is 0 Å². The predicted molar refractivity (Wildman–Crippen MR) is 125 cm³/mol. The summed E-state index contributed by atoms with van der Waals surface area (Å²) in [5, 5.41) is 0. The summed E-state index contributed by atoms with van der Waals surface area (Å²) < 4.78 is 0. The van der Waals surface area contributed by atoms with Gasteiger partial charge in [-0.2, -0.15) is 0 Å². The molecule has 1 aliphatic rings. The smallest absolute Gasteiger partial charge is 0.104 e. The monoisotopic (exact) mass is 402 g/mol. The van der Waals surface area contributed by atoms with Gasteiger partial charge >= 0.3 is 0 Å². The fourth-order valence-corrected chi connectivity index (χ4v) is 5.34. The van der Waals surface area contributed by atoms with Gasteiger partial charge in [0.25, 0.3) is 0 Å². The van der Waals surface area contributed by atoms with Gasteiger partial charge in [-0.1, -0.05) is 111 Å². The second-order valence-electron chi connectivity index (χ2n) is 8.50. The molecule has 150 valence electrons. The molecule has 1 aliphatic carbocycles. The van der Waals surface area contributed by atoms with E-state index in [4.69, 9.17) is 11.6 Å². The van der Waals surface area contributed by atoms with Crippen molar-refractivity contribution in [3.8, 4) is 0 Å². The first-order valence-electron chi connectivity index (χ1n) is 11.1. The lowest BCUT2D eigenvalue weighted by Crippen LogP contribution is -2.23. The van der Waals surface area contributed by atoms with Crippen LogP contribution in [0.25, 0.3) is 0 Å². The Labute approximate surface area is 180 Å². The maximum absolute atomic E-state index is 7.51. The van der Waals surface area contributed by atoms with E-state index in [0.29, 0.717) is 5.92 Å². The van der Waals surface area contributed by atoms with Crippen molar-refractivity contribution in [3.05, 3.63) is 107 Å². The summed E-state index contributed by atoms with van der Waals surface area (Å²) in [7, 11) is 0. The molecule has 0 heterocycles. The maximum atomic E-state index is 7.51. The molecule has 1 atom stereocenters. The van der Waals surface area contributed by atoms with Crippen molar-refractivity contribution < 1.29 is 0 Å². The van der Waals surface area contributed by atoms with Gasteiger partial charge in [-0.3, -0.25) is 0 Å². The Hall–Kier alpha value is -2.05. The van der Waals surface area contributed by atoms with Gasteiger partial charge in [-0.25, -0.2) is 0 Å². The van der Waals surface area contributed by atoms with Crippen LogP contribution in [0.4, 0.5) is 0 Å². The molecule has 0 amide bonds. The number of rotatable bonds is 4. The molecule has 4 rings (SSSR count). The lowest BCUT2D eigenvalue weighted by molar-refractivity contribution is 0.455. The molecule has 0 aromatic heterocycles. The molecule has 3 aromatic rings. The molecule has 0 spiro atoms. The molecule has 1 saturated carbocycles. The number of alkyl halides is 1. The quantitative estimate of drug-likeness (QED) is 0.303. The summed E-state index contributed by atoms with van der Waals surface area (Å²) in [6, 6.07) is 28.2. The highest BCUT2D eigenvalue weighted by atomic mass is 35.5. The number of halogens is 1. The molecule has 0 aliphatic heterocycles. The van der Waals surface area contributed by atoms with Gasteiger partial charge in [0, 0.05) is 0 Å². The molecule has 1 unspecified atom stereocenters. The third kappa shape index (κ3) is 4.28. The zero-order valence-corrected chi connectivity index (χ0v) is 18.2. The second kappa shape index (κ2) is 9.18. The third-order valence-corrected chi connectivity index (χ3v) is 7.21. The molecule has 0 nitrogen and oxygen atoms in total. The van der Waals surface area contributed by atoms with E-state index in [1.165, 1.54) is 56.1 Å². The lowest BCUT2D eigenvalue weighted by atomic mass is 9.80. The highest BCUT2D eigenvalue weighted by molar-refractivity contribution is 6.28. The van der Waals surface area contributed by atoms with E-state index in [2.05, 4.69) is 85.8 Å². The van der Waals surface area contributed by atoms with Gasteiger partial charge in [0.05, 0.1) is 0 Å². The summed E-state index contributed by atoms with van der Waals surface area (Å²) in [6.45, 7) is 2.15. The standard InChI is InChI=1S/C28H31Cl/c1-22-12-10-11-17-27(22)28(29,25-15-8-5-9-16-25)26-20-18-24(19-21-26)23-13-6-3-2-4-7-14-23/h5,8-12,15-21,23H,2-4,6-7,13-14H2,1H3. The van der Waals surface area contributed by atoms with Crippen molar-refractivity contribution >= 4 is 11.6 Å². The largest absolute Gasteiger partial charge is 0.120 e. The summed E-state index contributed by atoms with van der Waals surface area (Å²) in [5.41, 5.74) is 6.12. The predicted octanol–water partition coefficient (Wildman–Crippen LogP) is 8.35. The van der Waals surface area contributed by atoms with E-state index in [9.17, 15) is 0 Å². The molecule has 29 heavy (non-hydrogen) atoms. The summed E-state index contributed by atoms with van der Waals surface area (Å²) in [5.74, 6) is 0.698. The highest BCUT2D eigenvalue weighted by Gasteiger charge is 2.35. The average Bonchev–Trinajstić information content (AvgIpc) is 2.74. The molecule has 0 bridgehead atoms. The Bertz CT molecular complexity index is 905. The van der Waals surface area contributed by atoms with Crippen molar-refractivity contribution in [3.63, 3.8) is 0 Å². The van der Waals surface area contributed by atoms with Gasteiger partial charge < -0.3 is 0 Å². The van der Waals surface area contributed by atoms with Crippen LogP contribution in [0.3, 0.4) is 0 Å². The van der Waals surface area contributed by atoms with E-state index in [-0.39, 0.29) is 0 Å². The topological polar surface area (TPSA) is 0 Å². The maximum Gasteiger partial charge on any atom is 0.120 e. The molecule has 3 aromatic carbocycles. The normalized spacial score (nSPS) is 17.9. The van der Waals surface area contributed by atoms with Crippen molar-refractivity contribution in [1.29, 1.82) is 0 Å². The molecule has 0 N–H and O–H groups in total. The van der Waals surface area contributed by atoms with E-state index in [0.717, 1.165) is 16.7 Å². The summed E-state index contributed by atoms with van der Waals surface area (Å²) >= 11 is 7.51. The van der Waals surface area contributed by atoms with Crippen LogP contribution in [0.1, 0.15) is 78.7 Å². The molecular weight excluding hydrogens is 372 g/mol. The van der Waals surface area contributed by atoms with Gasteiger partial charge in [-0.15, -0.1) is 11.6 Å². The first kappa shape index (κ1) is 20.2. The van der Waals surface area contributed by atoms with Gasteiger partial charge in [0.2, 0.25) is 0 Å². The zero-order chi connectivity index (χ0) is 20.1. The fourth-order valence-electron chi connectivity index (χ4n) is 4.88. The Morgan fingerprint density at radius 2 is 1.21 bits per heavy atom. The van der Waals surface area contributed by atoms with Crippen molar-refractivity contribution in [2.24, 2.45) is 0 Å². The first-order valence-corrected chi connectivity index (χ1v) is 11.5. The SMILES string of the molecule is Cc1ccccc1C(Cl)(c1ccccc1)c1ccc(C2CCCCCCC2)cc1. The highest BCUT2D eigenvalue weighted by Crippen LogP contribution is 2.44. The lowest BCUT2D eigenvalue weighted by Gasteiger charge is -2.31. The summed E-state index contributed by atoms with van der Waals surface area (Å²) in [6.07, 6.45) is 9.55. The molecular formula is C28H31Cl. The third-order valence-electron chi connectivity index (χ3n) is 6.57. The van der Waals surface area contributed by atoms with Gasteiger partial charge in [-0.05, 0) is 53.5 Å². The van der Waals surface area contributed by atoms with Crippen LogP contribution in [0.15, 0.2) is 78.9 Å². The van der Waals surface area contributed by atoms with Crippen LogP contribution >= 0.6 is 11.6 Å². The van der Waals surface area contributed by atoms with E-state index < -0.39 is 4.87 Å². The fraction of sp³-hybridized carbons (Fsp3) is 0.357. The van der Waals surface area contributed by atoms with Crippen LogP contribution in [0.5, 0.6) is 0 Å². The van der Waals surface area contributed by atoms with Crippen molar-refractivity contribution in [2.75, 3.05) is 0 Å². The Kier molecular flexibility index (Phi) is 6.40.